The summed E-state index contributed by atoms with van der Waals surface area (Å²) in [6, 6.07) is 43.2. The van der Waals surface area contributed by atoms with E-state index in [1.807, 2.05) is 41.3 Å². The molecule has 12 nitrogen and oxygen atoms in total. The van der Waals surface area contributed by atoms with Crippen molar-refractivity contribution in [1.29, 1.82) is 0 Å². The van der Waals surface area contributed by atoms with Crippen LogP contribution in [0, 0.1) is 0 Å². The first kappa shape index (κ1) is 45.7. The van der Waals surface area contributed by atoms with Gasteiger partial charge in [0.25, 0.3) is 0 Å². The zero-order valence-electron chi connectivity index (χ0n) is 39.7. The molecule has 4 fully saturated rings. The van der Waals surface area contributed by atoms with Crippen LogP contribution >= 0.6 is 11.6 Å². The third-order valence-corrected chi connectivity index (χ3v) is 16.6. The van der Waals surface area contributed by atoms with Crippen molar-refractivity contribution in [2.24, 2.45) is 0 Å². The second-order valence-corrected chi connectivity index (χ2v) is 20.8. The summed E-state index contributed by atoms with van der Waals surface area (Å²) < 4.78 is 10.6. The summed E-state index contributed by atoms with van der Waals surface area (Å²) in [5.74, 6) is -0.144. The largest absolute Gasteiger partial charge is 0.444 e. The Morgan fingerprint density at radius 3 is 1.52 bits per heavy atom. The summed E-state index contributed by atoms with van der Waals surface area (Å²) in [5.41, 5.74) is 9.82. The first-order valence-corrected chi connectivity index (χ1v) is 26.0. The number of alkyl carbamates (subject to hydrolysis) is 2. The number of likely N-dealkylation sites (tertiary alicyclic amines) is 1. The van der Waals surface area contributed by atoms with E-state index in [1.165, 1.54) is 43.8 Å². The number of cyclic esters (lactones) is 2. The first-order chi connectivity index (χ1) is 34.8. The third kappa shape index (κ3) is 8.57. The van der Waals surface area contributed by atoms with Crippen molar-refractivity contribution in [2.75, 3.05) is 49.1 Å². The molecule has 6 atom stereocenters. The molecule has 4 amide bonds. The number of benzene rings is 6. The van der Waals surface area contributed by atoms with Crippen LogP contribution in [0.5, 0.6) is 0 Å². The first-order valence-electron chi connectivity index (χ1n) is 25.6. The smallest absolute Gasteiger partial charge is 0.407 e. The van der Waals surface area contributed by atoms with E-state index in [2.05, 4.69) is 111 Å². The molecule has 0 aromatic heterocycles. The molecule has 6 aromatic carbocycles. The fourth-order valence-corrected chi connectivity index (χ4v) is 13.3. The molecule has 6 aromatic rings. The van der Waals surface area contributed by atoms with Crippen LogP contribution in [0.1, 0.15) is 95.2 Å². The van der Waals surface area contributed by atoms with Crippen LogP contribution in [-0.2, 0) is 31.9 Å². The van der Waals surface area contributed by atoms with Gasteiger partial charge in [-0.1, -0.05) is 109 Å². The van der Waals surface area contributed by atoms with E-state index in [9.17, 15) is 19.2 Å². The van der Waals surface area contributed by atoms with E-state index in [1.54, 1.807) is 0 Å². The van der Waals surface area contributed by atoms with Gasteiger partial charge in [0.05, 0.1) is 30.3 Å². The number of anilines is 2. The summed E-state index contributed by atoms with van der Waals surface area (Å²) in [7, 11) is 0. The normalized spacial score (nSPS) is 25.5. The Kier molecular flexibility index (Phi) is 12.4. The van der Waals surface area contributed by atoms with Crippen molar-refractivity contribution in [3.05, 3.63) is 155 Å². The standard InChI is InChI=1S/C29H29N3O3.C17H21N3O3.C12H9Cl/c33-28-24(16-21-17-30-29(34)35-21)22-8-1-2-10-25(22)32(28)20-11-13-31(14-12-20)26-15-19-7-3-5-18-6-4-9-23(26)27(18)19;21-16-14(9-12-10-19-17(22)23-12)13-3-1-2-4-15(13)20(16)11-5-7-18-8-6-11;13-11-7-9-5-1-3-8-4-2-6-10(11)12(8)9/h1-10,20-21,24,26H,11-17H2,(H,30,34);1-4,11-12,14,18H,5-10H2,(H,19,22);1-6,11H,7H2. The Bertz CT molecular complexity index is 3030. The lowest BCUT2D eigenvalue weighted by molar-refractivity contribution is -0.121. The summed E-state index contributed by atoms with van der Waals surface area (Å²) in [6.07, 6.45) is 5.79. The summed E-state index contributed by atoms with van der Waals surface area (Å²) in [5, 5.41) is 14.4. The number of fused-ring (bicyclic) bond motifs is 2. The van der Waals surface area contributed by atoms with Crippen LogP contribution in [-0.4, -0.2) is 92.5 Å². The molecule has 6 aliphatic heterocycles. The highest BCUT2D eigenvalue weighted by Crippen LogP contribution is 2.46. The van der Waals surface area contributed by atoms with Gasteiger partial charge in [-0.3, -0.25) is 14.5 Å². The van der Waals surface area contributed by atoms with E-state index in [-0.39, 0.29) is 65.5 Å². The molecule has 0 spiro atoms. The lowest BCUT2D eigenvalue weighted by Crippen LogP contribution is -2.47. The lowest BCUT2D eigenvalue weighted by Gasteiger charge is -2.40. The molecule has 0 radical (unpaired) electrons. The van der Waals surface area contributed by atoms with Gasteiger partial charge in [-0.25, -0.2) is 9.59 Å². The number of nitrogens with zero attached hydrogens (tertiary/aromatic N) is 3. The number of halogens is 1. The van der Waals surface area contributed by atoms with Crippen molar-refractivity contribution in [2.45, 2.75) is 98.9 Å². The average molecular weight is 972 g/mol. The summed E-state index contributed by atoms with van der Waals surface area (Å²) in [4.78, 5) is 56.2. The number of hydrogen-bond donors (Lipinski definition) is 3. The molecule has 4 saturated heterocycles. The molecule has 8 aliphatic rings. The second-order valence-electron chi connectivity index (χ2n) is 20.3. The molecule has 3 N–H and O–H groups in total. The van der Waals surface area contributed by atoms with E-state index >= 15 is 0 Å². The average Bonchev–Trinajstić information content (AvgIpc) is 4.27. The van der Waals surface area contributed by atoms with Gasteiger partial charge in [0.2, 0.25) is 11.8 Å². The monoisotopic (exact) mass is 970 g/mol. The van der Waals surface area contributed by atoms with Gasteiger partial charge in [-0.05, 0) is 119 Å². The molecule has 6 heterocycles. The highest BCUT2D eigenvalue weighted by molar-refractivity contribution is 6.23. The van der Waals surface area contributed by atoms with Crippen LogP contribution in [0.2, 0.25) is 0 Å². The second kappa shape index (κ2) is 19.3. The molecule has 364 valence electrons. The molecule has 71 heavy (non-hydrogen) atoms. The van der Waals surface area contributed by atoms with E-state index in [0.29, 0.717) is 32.0 Å². The summed E-state index contributed by atoms with van der Waals surface area (Å²) in [6.45, 7) is 4.83. The number of alkyl halides is 1. The van der Waals surface area contributed by atoms with E-state index < -0.39 is 0 Å². The maximum atomic E-state index is 13.7. The quantitative estimate of drug-likeness (QED) is 0.135. The minimum absolute atomic E-state index is 0.154. The highest BCUT2D eigenvalue weighted by Gasteiger charge is 2.45. The zero-order valence-corrected chi connectivity index (χ0v) is 40.5. The number of amides is 4. The Morgan fingerprint density at radius 2 is 0.986 bits per heavy atom. The van der Waals surface area contributed by atoms with E-state index in [0.717, 1.165) is 87.2 Å². The number of para-hydroxylation sites is 2. The number of hydrogen-bond acceptors (Lipinski definition) is 8. The van der Waals surface area contributed by atoms with Crippen molar-refractivity contribution in [3.63, 3.8) is 0 Å². The van der Waals surface area contributed by atoms with Crippen LogP contribution in [0.3, 0.4) is 0 Å². The maximum absolute atomic E-state index is 13.7. The number of carbonyl (C=O) groups excluding carboxylic acids is 4. The topological polar surface area (TPSA) is 133 Å². The fourth-order valence-electron chi connectivity index (χ4n) is 12.9. The minimum atomic E-state index is -0.386. The molecule has 0 saturated carbocycles. The van der Waals surface area contributed by atoms with Gasteiger partial charge in [0.15, 0.2) is 0 Å². The number of carbonyl (C=O) groups is 4. The van der Waals surface area contributed by atoms with Crippen molar-refractivity contribution in [1.82, 2.24) is 20.9 Å². The van der Waals surface area contributed by atoms with Crippen molar-refractivity contribution < 1.29 is 28.7 Å². The zero-order chi connectivity index (χ0) is 48.2. The molecule has 2 aliphatic carbocycles. The molecule has 13 heteroatoms. The molecule has 6 unspecified atom stereocenters. The van der Waals surface area contributed by atoms with Crippen molar-refractivity contribution in [3.8, 4) is 0 Å². The fraction of sp³-hybridized carbons (Fsp3) is 0.379. The Hall–Kier alpha value is -6.47. The molecule has 0 bridgehead atoms. The van der Waals surface area contributed by atoms with Gasteiger partial charge < -0.3 is 35.2 Å². The maximum Gasteiger partial charge on any atom is 0.407 e. The summed E-state index contributed by atoms with van der Waals surface area (Å²) >= 11 is 6.25. The van der Waals surface area contributed by atoms with Gasteiger partial charge in [0.1, 0.15) is 12.2 Å². The van der Waals surface area contributed by atoms with Gasteiger partial charge >= 0.3 is 12.2 Å². The number of rotatable bonds is 7. The van der Waals surface area contributed by atoms with Crippen LogP contribution in [0.4, 0.5) is 21.0 Å². The lowest BCUT2D eigenvalue weighted by atomic mass is 9.94. The number of ether oxygens (including phenoxy) is 2. The predicted octanol–water partition coefficient (Wildman–Crippen LogP) is 9.57. The van der Waals surface area contributed by atoms with Crippen molar-refractivity contribution >= 4 is 68.5 Å². The van der Waals surface area contributed by atoms with Crippen LogP contribution < -0.4 is 25.8 Å². The van der Waals surface area contributed by atoms with Crippen LogP contribution in [0.15, 0.2) is 121 Å². The highest BCUT2D eigenvalue weighted by atomic mass is 35.5. The Morgan fingerprint density at radius 1 is 0.521 bits per heavy atom. The van der Waals surface area contributed by atoms with Gasteiger partial charge in [0, 0.05) is 55.4 Å². The minimum Gasteiger partial charge on any atom is -0.444 e. The Labute approximate surface area is 419 Å². The number of piperidine rings is 2. The van der Waals surface area contributed by atoms with Gasteiger partial charge in [-0.2, -0.15) is 0 Å². The SMILES string of the molecule is ClC1Cc2cccc3cccc1c23.O=C1NCC(CC2C(=O)N(C3CCN(C4Cc5cccc6cccc4c56)CC3)c3ccccc32)O1.O=C1NCC(CC2C(=O)N(C3CCNCC3)c3ccccc32)O1. The molecule has 14 rings (SSSR count). The molecular formula is C58H59ClN6O6. The molecular weight excluding hydrogens is 912 g/mol. The van der Waals surface area contributed by atoms with Crippen LogP contribution in [0.25, 0.3) is 21.5 Å². The number of nitrogens with one attached hydrogen (secondary N) is 3. The van der Waals surface area contributed by atoms with E-state index in [4.69, 9.17) is 21.1 Å². The Balaban J connectivity index is 0.000000122. The van der Waals surface area contributed by atoms with Gasteiger partial charge in [-0.15, -0.1) is 11.6 Å². The predicted molar refractivity (Wildman–Crippen MR) is 276 cm³/mol. The third-order valence-electron chi connectivity index (χ3n) is 16.2.